The number of methoxy groups -OCH3 is 2. The first-order chi connectivity index (χ1) is 10.5. The largest absolute Gasteiger partial charge is 0.504 e. The fourth-order valence-electron chi connectivity index (χ4n) is 1.60. The molecule has 0 aliphatic carbocycles. The molecule has 0 saturated carbocycles. The Morgan fingerprint density at radius 3 is 2.05 bits per heavy atom. The number of hydrogen-bond donors (Lipinski definition) is 2. The summed E-state index contributed by atoms with van der Waals surface area (Å²) in [7, 11) is 2.95. The van der Waals surface area contributed by atoms with Gasteiger partial charge in [0, 0.05) is 5.56 Å². The second kappa shape index (κ2) is 8.36. The van der Waals surface area contributed by atoms with Crippen LogP contribution in [0, 0.1) is 0 Å². The van der Waals surface area contributed by atoms with Crippen molar-refractivity contribution < 1.29 is 24.5 Å². The van der Waals surface area contributed by atoms with Crippen molar-refractivity contribution in [1.29, 1.82) is 0 Å². The van der Waals surface area contributed by atoms with Crippen LogP contribution in [0.4, 0.5) is 0 Å². The predicted octanol–water partition coefficient (Wildman–Crippen LogP) is 3.26. The lowest BCUT2D eigenvalue weighted by molar-refractivity contribution is 0.112. The van der Waals surface area contributed by atoms with E-state index in [0.717, 1.165) is 5.56 Å². The van der Waals surface area contributed by atoms with Crippen LogP contribution >= 0.6 is 0 Å². The molecule has 2 aromatic carbocycles. The quantitative estimate of drug-likeness (QED) is 0.848. The van der Waals surface area contributed by atoms with Gasteiger partial charge in [0.2, 0.25) is 0 Å². The van der Waals surface area contributed by atoms with E-state index in [1.807, 2.05) is 6.07 Å². The molecule has 2 N–H and O–H groups in total. The van der Waals surface area contributed by atoms with Crippen LogP contribution in [0.25, 0.3) is 6.08 Å². The molecule has 0 atom stereocenters. The normalized spacial score (nSPS) is 9.18. The van der Waals surface area contributed by atoms with Crippen LogP contribution in [0.2, 0.25) is 0 Å². The second-order valence-electron chi connectivity index (χ2n) is 4.18. The molecule has 5 heteroatoms. The van der Waals surface area contributed by atoms with Gasteiger partial charge in [0.25, 0.3) is 0 Å². The fraction of sp³-hybridized carbons (Fsp3) is 0.118. The third kappa shape index (κ3) is 4.56. The Labute approximate surface area is 129 Å². The highest BCUT2D eigenvalue weighted by atomic mass is 16.5. The van der Waals surface area contributed by atoms with Crippen molar-refractivity contribution in [2.24, 2.45) is 0 Å². The van der Waals surface area contributed by atoms with Gasteiger partial charge >= 0.3 is 0 Å². The molecule has 0 fully saturated rings. The molecule has 0 aromatic heterocycles. The van der Waals surface area contributed by atoms with Crippen LogP contribution in [0.15, 0.2) is 43.0 Å². The number of carbonyl (C=O) groups is 1. The van der Waals surface area contributed by atoms with Gasteiger partial charge in [-0.2, -0.15) is 0 Å². The third-order valence-electron chi connectivity index (χ3n) is 2.78. The van der Waals surface area contributed by atoms with Gasteiger partial charge in [-0.3, -0.25) is 4.79 Å². The zero-order valence-electron chi connectivity index (χ0n) is 12.4. The smallest absolute Gasteiger partial charge is 0.161 e. The highest BCUT2D eigenvalue weighted by Gasteiger charge is 2.00. The Bertz CT molecular complexity index is 649. The molecular weight excluding hydrogens is 284 g/mol. The van der Waals surface area contributed by atoms with Crippen LogP contribution in [-0.2, 0) is 0 Å². The number of aromatic hydroxyl groups is 2. The number of hydrogen-bond acceptors (Lipinski definition) is 5. The summed E-state index contributed by atoms with van der Waals surface area (Å²) in [5.74, 6) is 0.980. The fourth-order valence-corrected chi connectivity index (χ4v) is 1.60. The number of rotatable bonds is 4. The van der Waals surface area contributed by atoms with Crippen molar-refractivity contribution >= 4 is 12.4 Å². The first-order valence-electron chi connectivity index (χ1n) is 6.37. The number of benzene rings is 2. The van der Waals surface area contributed by atoms with Gasteiger partial charge in [0.05, 0.1) is 14.2 Å². The minimum atomic E-state index is 0.0399. The van der Waals surface area contributed by atoms with Gasteiger partial charge in [-0.1, -0.05) is 18.7 Å². The van der Waals surface area contributed by atoms with Gasteiger partial charge < -0.3 is 19.7 Å². The molecule has 22 heavy (non-hydrogen) atoms. The number of phenols is 2. The van der Waals surface area contributed by atoms with Gasteiger partial charge in [-0.05, 0) is 35.9 Å². The minimum absolute atomic E-state index is 0.0399. The Morgan fingerprint density at radius 1 is 0.909 bits per heavy atom. The minimum Gasteiger partial charge on any atom is -0.504 e. The summed E-state index contributed by atoms with van der Waals surface area (Å²) < 4.78 is 9.64. The van der Waals surface area contributed by atoms with E-state index in [1.165, 1.54) is 32.4 Å². The molecule has 5 nitrogen and oxygen atoms in total. The molecule has 2 rings (SSSR count). The Morgan fingerprint density at radius 2 is 1.55 bits per heavy atom. The van der Waals surface area contributed by atoms with Gasteiger partial charge in [0.15, 0.2) is 23.0 Å². The van der Waals surface area contributed by atoms with Gasteiger partial charge in [-0.15, -0.1) is 0 Å². The summed E-state index contributed by atoms with van der Waals surface area (Å²) >= 11 is 0. The molecule has 0 heterocycles. The standard InChI is InChI=1S/C9H10O2.C8H8O3/c1-3-7-4-5-9(11-2)8(10)6-7;1-11-8-4-6(5-9)2-3-7(8)10/h3-6,10H,1H2,2H3;2-5,10H,1H3. The molecule has 0 aliphatic rings. The third-order valence-corrected chi connectivity index (χ3v) is 2.78. The first-order valence-corrected chi connectivity index (χ1v) is 6.37. The van der Waals surface area contributed by atoms with Gasteiger partial charge in [-0.25, -0.2) is 0 Å². The Kier molecular flexibility index (Phi) is 6.50. The Balaban J connectivity index is 0.000000220. The maximum atomic E-state index is 10.2. The molecule has 0 amide bonds. The molecule has 0 radical (unpaired) electrons. The molecule has 0 aliphatic heterocycles. The summed E-state index contributed by atoms with van der Waals surface area (Å²) in [5.41, 5.74) is 1.36. The van der Waals surface area contributed by atoms with E-state index in [4.69, 9.17) is 14.6 Å². The second-order valence-corrected chi connectivity index (χ2v) is 4.18. The van der Waals surface area contributed by atoms with E-state index >= 15 is 0 Å². The highest BCUT2D eigenvalue weighted by Crippen LogP contribution is 2.26. The number of ether oxygens (including phenoxy) is 2. The number of carbonyl (C=O) groups excluding carboxylic acids is 1. The van der Waals surface area contributed by atoms with E-state index in [2.05, 4.69) is 6.58 Å². The van der Waals surface area contributed by atoms with Gasteiger partial charge in [0.1, 0.15) is 6.29 Å². The molecule has 0 saturated heterocycles. The van der Waals surface area contributed by atoms with Crippen molar-refractivity contribution in [2.75, 3.05) is 14.2 Å². The van der Waals surface area contributed by atoms with Crippen LogP contribution in [-0.4, -0.2) is 30.7 Å². The van der Waals surface area contributed by atoms with Crippen LogP contribution in [0.3, 0.4) is 0 Å². The zero-order valence-corrected chi connectivity index (χ0v) is 12.4. The molecular formula is C17H18O5. The van der Waals surface area contributed by atoms with Crippen molar-refractivity contribution in [3.05, 3.63) is 54.1 Å². The van der Waals surface area contributed by atoms with E-state index in [-0.39, 0.29) is 11.5 Å². The topological polar surface area (TPSA) is 76.0 Å². The zero-order chi connectivity index (χ0) is 16.5. The van der Waals surface area contributed by atoms with E-state index in [0.29, 0.717) is 23.3 Å². The molecule has 0 spiro atoms. The van der Waals surface area contributed by atoms with Crippen molar-refractivity contribution in [3.63, 3.8) is 0 Å². The molecule has 0 unspecified atom stereocenters. The average Bonchev–Trinajstić information content (AvgIpc) is 2.55. The molecule has 116 valence electrons. The lowest BCUT2D eigenvalue weighted by atomic mass is 10.2. The maximum Gasteiger partial charge on any atom is 0.161 e. The molecule has 2 aromatic rings. The van der Waals surface area contributed by atoms with Crippen molar-refractivity contribution in [3.8, 4) is 23.0 Å². The van der Waals surface area contributed by atoms with Crippen molar-refractivity contribution in [1.82, 2.24) is 0 Å². The van der Waals surface area contributed by atoms with Crippen LogP contribution < -0.4 is 9.47 Å². The van der Waals surface area contributed by atoms with E-state index in [9.17, 15) is 9.90 Å². The summed E-state index contributed by atoms with van der Waals surface area (Å²) in [6.45, 7) is 3.58. The first kappa shape index (κ1) is 17.1. The lowest BCUT2D eigenvalue weighted by Crippen LogP contribution is -1.85. The summed E-state index contributed by atoms with van der Waals surface area (Å²) in [5, 5.41) is 18.3. The van der Waals surface area contributed by atoms with E-state index < -0.39 is 0 Å². The van der Waals surface area contributed by atoms with Crippen LogP contribution in [0.1, 0.15) is 15.9 Å². The van der Waals surface area contributed by atoms with Crippen molar-refractivity contribution in [2.45, 2.75) is 0 Å². The lowest BCUT2D eigenvalue weighted by Gasteiger charge is -2.02. The number of aldehydes is 1. The maximum absolute atomic E-state index is 10.2. The summed E-state index contributed by atoms with van der Waals surface area (Å²) in [6, 6.07) is 9.54. The van der Waals surface area contributed by atoms with E-state index in [1.54, 1.807) is 18.2 Å². The van der Waals surface area contributed by atoms with Crippen LogP contribution in [0.5, 0.6) is 23.0 Å². The Hall–Kier alpha value is -2.95. The predicted molar refractivity (Wildman–Crippen MR) is 84.8 cm³/mol. The number of phenolic OH excluding ortho intramolecular Hbond substituents is 2. The summed E-state index contributed by atoms with van der Waals surface area (Å²) in [6.07, 6.45) is 2.36. The monoisotopic (exact) mass is 302 g/mol. The highest BCUT2D eigenvalue weighted by molar-refractivity contribution is 5.76. The summed E-state index contributed by atoms with van der Waals surface area (Å²) in [4.78, 5) is 10.2. The average molecular weight is 302 g/mol. The molecule has 0 bridgehead atoms. The SMILES string of the molecule is C=Cc1ccc(OC)c(O)c1.COc1cc(C=O)ccc1O.